The Balaban J connectivity index is 1.11. The van der Waals surface area contributed by atoms with Crippen molar-refractivity contribution in [3.63, 3.8) is 0 Å². The SMILES string of the molecule is CC(C)(c1ccc(Oc2ccc3c(c2)C(=O)OC3=O)cc1)C1C=CC(Oc2ccc3c(c2)C(=O)OC3=O)=CC1. The highest BCUT2D eigenvalue weighted by Gasteiger charge is 2.32. The molecular weight excluding hydrogens is 500 g/mol. The van der Waals surface area contributed by atoms with Gasteiger partial charge in [0.15, 0.2) is 0 Å². The van der Waals surface area contributed by atoms with E-state index in [0.717, 1.165) is 12.0 Å². The third-order valence-electron chi connectivity index (χ3n) is 7.29. The smallest absolute Gasteiger partial charge is 0.347 e. The van der Waals surface area contributed by atoms with E-state index in [1.807, 2.05) is 36.4 Å². The van der Waals surface area contributed by atoms with Crippen LogP contribution in [0.5, 0.6) is 17.2 Å². The van der Waals surface area contributed by atoms with Crippen LogP contribution in [0.15, 0.2) is 84.7 Å². The molecule has 8 heteroatoms. The molecule has 2 aliphatic heterocycles. The van der Waals surface area contributed by atoms with E-state index in [2.05, 4.69) is 29.4 Å². The second-order valence-corrected chi connectivity index (χ2v) is 10.0. The number of hydrogen-bond donors (Lipinski definition) is 0. The van der Waals surface area contributed by atoms with Crippen LogP contribution in [0.4, 0.5) is 0 Å². The lowest BCUT2D eigenvalue weighted by Gasteiger charge is -2.34. The summed E-state index contributed by atoms with van der Waals surface area (Å²) in [4.78, 5) is 46.9. The summed E-state index contributed by atoms with van der Waals surface area (Å²) in [7, 11) is 0. The molecule has 0 saturated carbocycles. The summed E-state index contributed by atoms with van der Waals surface area (Å²) in [6.07, 6.45) is 6.76. The van der Waals surface area contributed by atoms with Gasteiger partial charge in [-0.3, -0.25) is 0 Å². The maximum absolute atomic E-state index is 11.8. The number of carbonyl (C=O) groups is 4. The molecule has 0 N–H and O–H groups in total. The Morgan fingerprint density at radius 2 is 1.18 bits per heavy atom. The molecule has 0 amide bonds. The van der Waals surface area contributed by atoms with E-state index in [9.17, 15) is 19.2 Å². The number of ether oxygens (including phenoxy) is 4. The van der Waals surface area contributed by atoms with Gasteiger partial charge < -0.3 is 18.9 Å². The summed E-state index contributed by atoms with van der Waals surface area (Å²) in [5.74, 6) is -0.283. The second kappa shape index (κ2) is 9.09. The fraction of sp³-hybridized carbons (Fsp3) is 0.161. The van der Waals surface area contributed by atoms with Gasteiger partial charge in [-0.25, -0.2) is 19.2 Å². The molecule has 1 atom stereocenters. The minimum Gasteiger partial charge on any atom is -0.458 e. The standard InChI is InChI=1S/C31H22O8/c1-31(2,17-3-7-19(8-4-17)36-21-11-13-23-25(15-21)29(34)38-27(23)32)18-5-9-20(10-6-18)37-22-12-14-24-26(16-22)30(35)39-28(24)33/h3-5,7-16,18H,6H2,1-2H3. The minimum atomic E-state index is -0.672. The Bertz CT molecular complexity index is 1620. The largest absolute Gasteiger partial charge is 0.458 e. The van der Waals surface area contributed by atoms with Crippen molar-refractivity contribution in [2.24, 2.45) is 5.92 Å². The molecule has 0 spiro atoms. The topological polar surface area (TPSA) is 105 Å². The van der Waals surface area contributed by atoms with Crippen LogP contribution in [0, 0.1) is 5.92 Å². The highest BCUT2D eigenvalue weighted by molar-refractivity contribution is 6.15. The zero-order chi connectivity index (χ0) is 27.3. The van der Waals surface area contributed by atoms with Crippen LogP contribution in [0.3, 0.4) is 0 Å². The Morgan fingerprint density at radius 3 is 1.72 bits per heavy atom. The first-order valence-electron chi connectivity index (χ1n) is 12.3. The molecule has 1 unspecified atom stereocenters. The van der Waals surface area contributed by atoms with E-state index >= 15 is 0 Å². The molecule has 1 aliphatic carbocycles. The van der Waals surface area contributed by atoms with Crippen LogP contribution < -0.4 is 9.47 Å². The highest BCUT2D eigenvalue weighted by Crippen LogP contribution is 2.39. The molecule has 0 saturated heterocycles. The average molecular weight is 523 g/mol. The summed E-state index contributed by atoms with van der Waals surface area (Å²) in [6, 6.07) is 17.1. The molecule has 3 aromatic carbocycles. The Labute approximate surface area is 223 Å². The lowest BCUT2D eigenvalue weighted by atomic mass is 9.71. The fourth-order valence-electron chi connectivity index (χ4n) is 4.91. The summed E-state index contributed by atoms with van der Waals surface area (Å²) >= 11 is 0. The van der Waals surface area contributed by atoms with Crippen LogP contribution in [0.25, 0.3) is 0 Å². The van der Waals surface area contributed by atoms with E-state index in [1.54, 1.807) is 12.1 Å². The van der Waals surface area contributed by atoms with Crippen LogP contribution in [0.1, 0.15) is 67.3 Å². The first-order valence-corrected chi connectivity index (χ1v) is 12.3. The van der Waals surface area contributed by atoms with E-state index in [0.29, 0.717) is 23.0 Å². The van der Waals surface area contributed by atoms with Gasteiger partial charge in [0.1, 0.15) is 23.0 Å². The summed E-state index contributed by atoms with van der Waals surface area (Å²) in [5.41, 5.74) is 1.80. The maximum atomic E-state index is 11.8. The molecule has 39 heavy (non-hydrogen) atoms. The van der Waals surface area contributed by atoms with Gasteiger partial charge in [0.2, 0.25) is 0 Å². The first kappa shape index (κ1) is 24.4. The van der Waals surface area contributed by atoms with E-state index < -0.39 is 23.9 Å². The molecule has 3 aromatic rings. The fourth-order valence-corrected chi connectivity index (χ4v) is 4.91. The average Bonchev–Trinajstić information content (AvgIpc) is 3.37. The van der Waals surface area contributed by atoms with Crippen molar-refractivity contribution in [3.8, 4) is 17.2 Å². The van der Waals surface area contributed by atoms with Crippen molar-refractivity contribution in [3.05, 3.63) is 112 Å². The van der Waals surface area contributed by atoms with Gasteiger partial charge in [-0.05, 0) is 84.0 Å². The predicted octanol–water partition coefficient (Wildman–Crippen LogP) is 5.92. The molecule has 8 nitrogen and oxygen atoms in total. The van der Waals surface area contributed by atoms with Gasteiger partial charge >= 0.3 is 23.9 Å². The maximum Gasteiger partial charge on any atom is 0.347 e. The van der Waals surface area contributed by atoms with E-state index in [1.165, 1.54) is 24.3 Å². The lowest BCUT2D eigenvalue weighted by molar-refractivity contribution is 0.0425. The van der Waals surface area contributed by atoms with Crippen molar-refractivity contribution >= 4 is 23.9 Å². The summed E-state index contributed by atoms with van der Waals surface area (Å²) in [6.45, 7) is 4.34. The third kappa shape index (κ3) is 4.40. The quantitative estimate of drug-likeness (QED) is 0.290. The van der Waals surface area contributed by atoms with Crippen molar-refractivity contribution in [2.75, 3.05) is 0 Å². The number of allylic oxidation sites excluding steroid dienone is 3. The predicted molar refractivity (Wildman–Crippen MR) is 138 cm³/mol. The molecule has 6 rings (SSSR count). The molecular formula is C31H22O8. The van der Waals surface area contributed by atoms with Gasteiger partial charge in [-0.2, -0.15) is 0 Å². The number of benzene rings is 3. The normalized spacial score (nSPS) is 17.8. The molecule has 0 radical (unpaired) electrons. The van der Waals surface area contributed by atoms with Crippen molar-refractivity contribution in [1.82, 2.24) is 0 Å². The Morgan fingerprint density at radius 1 is 0.667 bits per heavy atom. The Hall–Kier alpha value is -4.98. The van der Waals surface area contributed by atoms with Crippen molar-refractivity contribution < 1.29 is 38.1 Å². The number of rotatable bonds is 6. The van der Waals surface area contributed by atoms with Crippen LogP contribution in [-0.4, -0.2) is 23.9 Å². The van der Waals surface area contributed by atoms with Gasteiger partial charge in [-0.15, -0.1) is 0 Å². The zero-order valence-corrected chi connectivity index (χ0v) is 21.1. The van der Waals surface area contributed by atoms with E-state index in [4.69, 9.17) is 9.47 Å². The monoisotopic (exact) mass is 522 g/mol. The molecule has 0 fully saturated rings. The highest BCUT2D eigenvalue weighted by atomic mass is 16.6. The summed E-state index contributed by atoms with van der Waals surface area (Å²) in [5, 5.41) is 0. The van der Waals surface area contributed by atoms with Crippen LogP contribution in [0.2, 0.25) is 0 Å². The lowest BCUT2D eigenvalue weighted by Crippen LogP contribution is -2.28. The van der Waals surface area contributed by atoms with E-state index in [-0.39, 0.29) is 33.6 Å². The summed E-state index contributed by atoms with van der Waals surface area (Å²) < 4.78 is 21.1. The number of hydrogen-bond acceptors (Lipinski definition) is 8. The van der Waals surface area contributed by atoms with Crippen LogP contribution >= 0.6 is 0 Å². The van der Waals surface area contributed by atoms with Gasteiger partial charge in [-0.1, -0.05) is 32.1 Å². The van der Waals surface area contributed by atoms with Crippen LogP contribution in [-0.2, 0) is 14.9 Å². The van der Waals surface area contributed by atoms with Crippen molar-refractivity contribution in [2.45, 2.75) is 25.7 Å². The van der Waals surface area contributed by atoms with Crippen molar-refractivity contribution in [1.29, 1.82) is 0 Å². The molecule has 0 bridgehead atoms. The Kier molecular flexibility index (Phi) is 5.68. The third-order valence-corrected chi connectivity index (χ3v) is 7.29. The number of esters is 4. The zero-order valence-electron chi connectivity index (χ0n) is 21.1. The number of cyclic esters (lactones) is 4. The number of carbonyl (C=O) groups excluding carboxylic acids is 4. The minimum absolute atomic E-state index is 0.199. The molecule has 0 aromatic heterocycles. The molecule has 3 aliphatic rings. The van der Waals surface area contributed by atoms with Gasteiger partial charge in [0.25, 0.3) is 0 Å². The molecule has 194 valence electrons. The van der Waals surface area contributed by atoms with Gasteiger partial charge in [0.05, 0.1) is 22.3 Å². The van der Waals surface area contributed by atoms with Gasteiger partial charge in [0, 0.05) is 0 Å². The number of fused-ring (bicyclic) bond motifs is 2. The second-order valence-electron chi connectivity index (χ2n) is 10.0. The molecule has 2 heterocycles. The first-order chi connectivity index (χ1) is 18.7.